The lowest BCUT2D eigenvalue weighted by Crippen LogP contribution is -2.33. The summed E-state index contributed by atoms with van der Waals surface area (Å²) < 4.78 is 20.6. The van der Waals surface area contributed by atoms with Gasteiger partial charge in [0.05, 0.1) is 23.0 Å². The molecule has 0 radical (unpaired) electrons. The molecule has 10 nitrogen and oxygen atoms in total. The maximum absolute atomic E-state index is 12.5. The van der Waals surface area contributed by atoms with Gasteiger partial charge in [-0.2, -0.15) is 0 Å². The first kappa shape index (κ1) is 26.9. The van der Waals surface area contributed by atoms with E-state index in [1.807, 2.05) is 0 Å². The maximum Gasteiger partial charge on any atom is 0.340 e. The topological polar surface area (TPSA) is 142 Å². The first-order chi connectivity index (χ1) is 17.3. The normalized spacial score (nSPS) is 23.6. The summed E-state index contributed by atoms with van der Waals surface area (Å²) in [4.78, 5) is 58.9. The molecule has 0 heterocycles. The van der Waals surface area contributed by atoms with Gasteiger partial charge in [0.2, 0.25) is 6.79 Å². The molecule has 0 bridgehead atoms. The van der Waals surface area contributed by atoms with Crippen molar-refractivity contribution in [2.75, 3.05) is 6.79 Å². The first-order valence-electron chi connectivity index (χ1n) is 12.0. The zero-order chi connectivity index (χ0) is 26.1. The molecule has 0 aromatic heterocycles. The van der Waals surface area contributed by atoms with Gasteiger partial charge in [0.25, 0.3) is 0 Å². The van der Waals surface area contributed by atoms with E-state index < -0.39 is 30.7 Å². The third-order valence-electron chi connectivity index (χ3n) is 6.50. The standard InChI is InChI=1S/C26H30O10/c1-2-22(27)33-15-34-24(30)17-7-9-19(10-8-17)26(32)36-21-13-11-20(12-14-21)35-25(31)18-5-3-16(4-6-18)23(28)29/h2,7-10,16,18,20-21H,1,3-6,11-15H2,(H,28,29). The van der Waals surface area contributed by atoms with Crippen LogP contribution in [0.4, 0.5) is 0 Å². The number of hydrogen-bond acceptors (Lipinski definition) is 9. The Bertz CT molecular complexity index is 967. The van der Waals surface area contributed by atoms with Crippen LogP contribution in [0.15, 0.2) is 36.9 Å². The van der Waals surface area contributed by atoms with Crippen LogP contribution < -0.4 is 0 Å². The predicted octanol–water partition coefficient (Wildman–Crippen LogP) is 3.43. The van der Waals surface area contributed by atoms with Crippen molar-refractivity contribution in [1.29, 1.82) is 0 Å². The van der Waals surface area contributed by atoms with E-state index in [0.717, 1.165) is 6.08 Å². The van der Waals surface area contributed by atoms with Crippen molar-refractivity contribution in [3.05, 3.63) is 48.0 Å². The second kappa shape index (κ2) is 12.9. The number of rotatable bonds is 9. The second-order valence-electron chi connectivity index (χ2n) is 8.92. The molecular weight excluding hydrogens is 472 g/mol. The van der Waals surface area contributed by atoms with Gasteiger partial charge in [-0.05, 0) is 75.6 Å². The summed E-state index contributed by atoms with van der Waals surface area (Å²) in [5, 5.41) is 9.08. The Labute approximate surface area is 208 Å². The highest BCUT2D eigenvalue weighted by molar-refractivity contribution is 5.93. The molecular formula is C26H30O10. The highest BCUT2D eigenvalue weighted by Gasteiger charge is 2.33. The molecule has 2 aliphatic carbocycles. The Hall–Kier alpha value is -3.69. The van der Waals surface area contributed by atoms with Crippen LogP contribution in [-0.4, -0.2) is 54.0 Å². The molecule has 1 N–H and O–H groups in total. The third-order valence-corrected chi connectivity index (χ3v) is 6.50. The molecule has 36 heavy (non-hydrogen) atoms. The van der Waals surface area contributed by atoms with Gasteiger partial charge in [-0.1, -0.05) is 6.58 Å². The number of carbonyl (C=O) groups excluding carboxylic acids is 4. The summed E-state index contributed by atoms with van der Waals surface area (Å²) >= 11 is 0. The van der Waals surface area contributed by atoms with Crippen LogP contribution in [0.3, 0.4) is 0 Å². The summed E-state index contributed by atoms with van der Waals surface area (Å²) in [5.41, 5.74) is 0.454. The summed E-state index contributed by atoms with van der Waals surface area (Å²) in [6.07, 6.45) is 4.73. The lowest BCUT2D eigenvalue weighted by molar-refractivity contribution is -0.159. The van der Waals surface area contributed by atoms with E-state index in [4.69, 9.17) is 19.3 Å². The smallest absolute Gasteiger partial charge is 0.340 e. The Morgan fingerprint density at radius 3 is 1.78 bits per heavy atom. The van der Waals surface area contributed by atoms with Crippen LogP contribution >= 0.6 is 0 Å². The quantitative estimate of drug-likeness (QED) is 0.231. The van der Waals surface area contributed by atoms with Crippen molar-refractivity contribution in [2.24, 2.45) is 11.8 Å². The van der Waals surface area contributed by atoms with Crippen LogP contribution in [-0.2, 0) is 33.3 Å². The number of hydrogen-bond donors (Lipinski definition) is 1. The number of carboxylic acid groups (broad SMARTS) is 1. The fourth-order valence-electron chi connectivity index (χ4n) is 4.35. The molecule has 2 aliphatic rings. The van der Waals surface area contributed by atoms with E-state index in [1.54, 1.807) is 0 Å². The minimum Gasteiger partial charge on any atom is -0.481 e. The zero-order valence-electron chi connectivity index (χ0n) is 19.9. The highest BCUT2D eigenvalue weighted by atomic mass is 16.7. The van der Waals surface area contributed by atoms with Crippen molar-refractivity contribution in [3.8, 4) is 0 Å². The third kappa shape index (κ3) is 7.66. The Balaban J connectivity index is 1.38. The molecule has 0 spiro atoms. The van der Waals surface area contributed by atoms with Crippen molar-refractivity contribution < 1.29 is 48.0 Å². The molecule has 0 atom stereocenters. The summed E-state index contributed by atoms with van der Waals surface area (Å²) in [6, 6.07) is 5.71. The Morgan fingerprint density at radius 1 is 0.750 bits per heavy atom. The number of esters is 4. The lowest BCUT2D eigenvalue weighted by atomic mass is 9.82. The van der Waals surface area contributed by atoms with Crippen LogP contribution in [0.2, 0.25) is 0 Å². The predicted molar refractivity (Wildman–Crippen MR) is 124 cm³/mol. The van der Waals surface area contributed by atoms with E-state index in [9.17, 15) is 24.0 Å². The number of ether oxygens (including phenoxy) is 4. The van der Waals surface area contributed by atoms with Crippen LogP contribution in [0.25, 0.3) is 0 Å². The minimum atomic E-state index is -0.808. The maximum atomic E-state index is 12.5. The van der Waals surface area contributed by atoms with Crippen LogP contribution in [0.5, 0.6) is 0 Å². The van der Waals surface area contributed by atoms with Gasteiger partial charge in [-0.25, -0.2) is 14.4 Å². The molecule has 0 aliphatic heterocycles. The van der Waals surface area contributed by atoms with Gasteiger partial charge in [-0.15, -0.1) is 0 Å². The molecule has 10 heteroatoms. The highest BCUT2D eigenvalue weighted by Crippen LogP contribution is 2.31. The monoisotopic (exact) mass is 502 g/mol. The average Bonchev–Trinajstić information content (AvgIpc) is 2.89. The second-order valence-corrected chi connectivity index (χ2v) is 8.92. The molecule has 2 fully saturated rings. The van der Waals surface area contributed by atoms with Crippen molar-refractivity contribution in [3.63, 3.8) is 0 Å². The van der Waals surface area contributed by atoms with Gasteiger partial charge in [0.15, 0.2) is 0 Å². The van der Waals surface area contributed by atoms with Gasteiger partial charge in [0.1, 0.15) is 12.2 Å². The fourth-order valence-corrected chi connectivity index (χ4v) is 4.35. The van der Waals surface area contributed by atoms with E-state index in [2.05, 4.69) is 11.3 Å². The SMILES string of the molecule is C=CC(=O)OCOC(=O)c1ccc(C(=O)OC2CCC(OC(=O)C3CCC(C(=O)O)CC3)CC2)cc1. The van der Waals surface area contributed by atoms with Gasteiger partial charge in [-0.3, -0.25) is 9.59 Å². The molecule has 194 valence electrons. The van der Waals surface area contributed by atoms with E-state index in [1.165, 1.54) is 24.3 Å². The van der Waals surface area contributed by atoms with Crippen molar-refractivity contribution in [1.82, 2.24) is 0 Å². The van der Waals surface area contributed by atoms with Gasteiger partial charge < -0.3 is 24.1 Å². The van der Waals surface area contributed by atoms with E-state index >= 15 is 0 Å². The van der Waals surface area contributed by atoms with E-state index in [0.29, 0.717) is 51.4 Å². The number of carbonyl (C=O) groups is 5. The Kier molecular flexibility index (Phi) is 9.61. The Morgan fingerprint density at radius 2 is 1.25 bits per heavy atom. The van der Waals surface area contributed by atoms with Gasteiger partial charge >= 0.3 is 29.8 Å². The number of carboxylic acids is 1. The molecule has 2 saturated carbocycles. The average molecular weight is 503 g/mol. The lowest BCUT2D eigenvalue weighted by Gasteiger charge is -2.30. The molecule has 0 unspecified atom stereocenters. The molecule has 0 amide bonds. The summed E-state index contributed by atoms with van der Waals surface area (Å²) in [7, 11) is 0. The summed E-state index contributed by atoms with van der Waals surface area (Å²) in [5.74, 6) is -3.65. The first-order valence-corrected chi connectivity index (χ1v) is 12.0. The van der Waals surface area contributed by atoms with Crippen LogP contribution in [0, 0.1) is 11.8 Å². The van der Waals surface area contributed by atoms with Crippen LogP contribution in [0.1, 0.15) is 72.1 Å². The van der Waals surface area contributed by atoms with Gasteiger partial charge in [0, 0.05) is 6.08 Å². The number of aliphatic carboxylic acids is 1. The molecule has 1 aromatic rings. The van der Waals surface area contributed by atoms with E-state index in [-0.39, 0.29) is 41.1 Å². The molecule has 0 saturated heterocycles. The van der Waals surface area contributed by atoms with Crippen molar-refractivity contribution >= 4 is 29.8 Å². The molecule has 1 aromatic carbocycles. The largest absolute Gasteiger partial charge is 0.481 e. The van der Waals surface area contributed by atoms with Crippen molar-refractivity contribution in [2.45, 2.75) is 63.6 Å². The zero-order valence-corrected chi connectivity index (χ0v) is 19.9. The number of benzene rings is 1. The summed E-state index contributed by atoms with van der Waals surface area (Å²) in [6.45, 7) is 2.69. The molecule has 3 rings (SSSR count). The minimum absolute atomic E-state index is 0.181. The fraction of sp³-hybridized carbons (Fsp3) is 0.500.